The highest BCUT2D eigenvalue weighted by atomic mass is 32.2. The molecule has 7 nitrogen and oxygen atoms in total. The Morgan fingerprint density at radius 1 is 1.17 bits per heavy atom. The third-order valence-corrected chi connectivity index (χ3v) is 5.48. The molecule has 29 heavy (non-hydrogen) atoms. The molecule has 1 aliphatic carbocycles. The number of benzene rings is 1. The van der Waals surface area contributed by atoms with E-state index in [1.54, 1.807) is 31.1 Å². The molecule has 1 heterocycles. The molecule has 152 valence electrons. The van der Waals surface area contributed by atoms with Gasteiger partial charge in [-0.3, -0.25) is 0 Å². The van der Waals surface area contributed by atoms with Crippen LogP contribution in [0.1, 0.15) is 24.0 Å². The molecule has 0 unspecified atom stereocenters. The Balaban J connectivity index is 1.81. The predicted octanol–water partition coefficient (Wildman–Crippen LogP) is 3.99. The maximum atomic E-state index is 12.1. The van der Waals surface area contributed by atoms with Crippen LogP contribution >= 0.6 is 11.8 Å². The zero-order chi connectivity index (χ0) is 20.6. The number of aliphatic imine (C=N–C) groups is 1. The van der Waals surface area contributed by atoms with Crippen molar-refractivity contribution in [2.24, 2.45) is 16.1 Å². The molecule has 2 aromatic rings. The largest absolute Gasteiger partial charge is 0.481 e. The zero-order valence-corrected chi connectivity index (χ0v) is 17.4. The summed E-state index contributed by atoms with van der Waals surface area (Å²) in [5, 5.41) is 4.93. The summed E-state index contributed by atoms with van der Waals surface area (Å²) in [5.41, 5.74) is 2.59. The lowest BCUT2D eigenvalue weighted by atomic mass is 10.0. The van der Waals surface area contributed by atoms with Crippen molar-refractivity contribution in [1.29, 1.82) is 0 Å². The molecule has 1 aromatic carbocycles. The molecule has 1 aliphatic rings. The summed E-state index contributed by atoms with van der Waals surface area (Å²) in [6.07, 6.45) is 3.97. The summed E-state index contributed by atoms with van der Waals surface area (Å²) in [4.78, 5) is 26.0. The third kappa shape index (κ3) is 5.57. The number of thioether (sulfide) groups is 1. The molecule has 0 bridgehead atoms. The molecule has 0 saturated heterocycles. The molecule has 0 atom stereocenters. The maximum Gasteiger partial charge on any atom is 0.360 e. The highest BCUT2D eigenvalue weighted by Gasteiger charge is 2.28. The van der Waals surface area contributed by atoms with Crippen LogP contribution in [0, 0.1) is 5.92 Å². The van der Waals surface area contributed by atoms with Gasteiger partial charge >= 0.3 is 5.97 Å². The standard InChI is InChI=1S/C21H23N3O4S/c1-26-18-11-10-16(12-22-18)23-20(14-8-9-14)29-13-15-6-4-5-7-17(15)19(24-28-3)21(25)27-2/h4-7,10-12,14H,8-9,13H2,1-3H3/b23-20?,24-19+. The average molecular weight is 413 g/mol. The number of oxime groups is 1. The van der Waals surface area contributed by atoms with Gasteiger partial charge in [-0.1, -0.05) is 29.4 Å². The highest BCUT2D eigenvalue weighted by Crippen LogP contribution is 2.38. The molecule has 0 aliphatic heterocycles. The Morgan fingerprint density at radius 2 is 1.97 bits per heavy atom. The van der Waals surface area contributed by atoms with Crippen molar-refractivity contribution in [3.63, 3.8) is 0 Å². The van der Waals surface area contributed by atoms with E-state index < -0.39 is 5.97 Å². The van der Waals surface area contributed by atoms with E-state index in [4.69, 9.17) is 19.3 Å². The minimum Gasteiger partial charge on any atom is -0.481 e. The Bertz CT molecular complexity index is 908. The first-order valence-electron chi connectivity index (χ1n) is 9.15. The second-order valence-electron chi connectivity index (χ2n) is 6.34. The quantitative estimate of drug-likeness (QED) is 0.282. The topological polar surface area (TPSA) is 82.4 Å². The van der Waals surface area contributed by atoms with Gasteiger partial charge < -0.3 is 14.3 Å². The van der Waals surface area contributed by atoms with Gasteiger partial charge in [-0.15, -0.1) is 11.8 Å². The molecule has 1 aromatic heterocycles. The van der Waals surface area contributed by atoms with Crippen molar-refractivity contribution in [2.75, 3.05) is 21.3 Å². The van der Waals surface area contributed by atoms with Gasteiger partial charge in [0, 0.05) is 23.3 Å². The second kappa shape index (κ2) is 10.1. The van der Waals surface area contributed by atoms with Crippen molar-refractivity contribution >= 4 is 34.2 Å². The van der Waals surface area contributed by atoms with E-state index in [0.717, 1.165) is 29.1 Å². The van der Waals surface area contributed by atoms with E-state index in [9.17, 15) is 4.79 Å². The summed E-state index contributed by atoms with van der Waals surface area (Å²) in [6.45, 7) is 0. The molecule has 8 heteroatoms. The first kappa shape index (κ1) is 20.9. The van der Waals surface area contributed by atoms with Gasteiger partial charge in [-0.2, -0.15) is 0 Å². The van der Waals surface area contributed by atoms with Crippen molar-refractivity contribution in [2.45, 2.75) is 18.6 Å². The van der Waals surface area contributed by atoms with Gasteiger partial charge in [-0.25, -0.2) is 14.8 Å². The Labute approximate surface area is 174 Å². The van der Waals surface area contributed by atoms with Gasteiger partial charge in [0.1, 0.15) is 7.11 Å². The van der Waals surface area contributed by atoms with Crippen LogP contribution in [0.15, 0.2) is 52.7 Å². The van der Waals surface area contributed by atoms with Crippen LogP contribution < -0.4 is 4.74 Å². The predicted molar refractivity (Wildman–Crippen MR) is 114 cm³/mol. The summed E-state index contributed by atoms with van der Waals surface area (Å²) in [7, 11) is 4.32. The lowest BCUT2D eigenvalue weighted by Crippen LogP contribution is -2.19. The van der Waals surface area contributed by atoms with Crippen LogP contribution in [0.25, 0.3) is 0 Å². The molecular weight excluding hydrogens is 390 g/mol. The van der Waals surface area contributed by atoms with E-state index in [-0.39, 0.29) is 5.71 Å². The number of methoxy groups -OCH3 is 2. The van der Waals surface area contributed by atoms with Crippen molar-refractivity contribution in [3.05, 3.63) is 53.7 Å². The lowest BCUT2D eigenvalue weighted by Gasteiger charge is -2.11. The minimum atomic E-state index is -0.537. The van der Waals surface area contributed by atoms with Gasteiger partial charge in [0.25, 0.3) is 0 Å². The lowest BCUT2D eigenvalue weighted by molar-refractivity contribution is -0.132. The van der Waals surface area contributed by atoms with E-state index in [1.165, 1.54) is 14.2 Å². The number of rotatable bonds is 8. The van der Waals surface area contributed by atoms with Crippen molar-refractivity contribution < 1.29 is 19.1 Å². The molecular formula is C21H23N3O4S. The molecule has 1 saturated carbocycles. The minimum absolute atomic E-state index is 0.149. The SMILES string of the molecule is CO/N=C(/C(=O)OC)c1ccccc1CSC(=Nc1ccc(OC)nc1)C1CC1. The molecule has 0 N–H and O–H groups in total. The Morgan fingerprint density at radius 3 is 2.59 bits per heavy atom. The van der Waals surface area contributed by atoms with Crippen LogP contribution in [0.4, 0.5) is 5.69 Å². The number of hydrogen-bond donors (Lipinski definition) is 0. The number of ether oxygens (including phenoxy) is 2. The molecule has 0 spiro atoms. The van der Waals surface area contributed by atoms with Gasteiger partial charge in [0.15, 0.2) is 5.71 Å². The summed E-state index contributed by atoms with van der Waals surface area (Å²) >= 11 is 1.66. The molecule has 0 radical (unpaired) electrons. The Kier molecular flexibility index (Phi) is 7.24. The zero-order valence-electron chi connectivity index (χ0n) is 16.6. The molecule has 0 amide bonds. The first-order valence-corrected chi connectivity index (χ1v) is 10.1. The molecule has 1 fully saturated rings. The van der Waals surface area contributed by atoms with E-state index in [0.29, 0.717) is 23.1 Å². The normalized spacial score (nSPS) is 14.4. The van der Waals surface area contributed by atoms with Gasteiger partial charge in [-0.05, 0) is 24.5 Å². The van der Waals surface area contributed by atoms with E-state index in [1.807, 2.05) is 30.3 Å². The maximum absolute atomic E-state index is 12.1. The Hall–Kier alpha value is -2.87. The van der Waals surface area contributed by atoms with Crippen LogP contribution in [-0.4, -0.2) is 43.0 Å². The van der Waals surface area contributed by atoms with Gasteiger partial charge in [0.2, 0.25) is 5.88 Å². The monoisotopic (exact) mass is 413 g/mol. The highest BCUT2D eigenvalue weighted by molar-refractivity contribution is 8.13. The number of aromatic nitrogens is 1. The third-order valence-electron chi connectivity index (χ3n) is 4.31. The van der Waals surface area contributed by atoms with E-state index in [2.05, 4.69) is 10.1 Å². The number of carbonyl (C=O) groups is 1. The summed E-state index contributed by atoms with van der Waals surface area (Å²) < 4.78 is 9.95. The fourth-order valence-electron chi connectivity index (χ4n) is 2.67. The number of pyridine rings is 1. The van der Waals surface area contributed by atoms with Crippen molar-refractivity contribution in [1.82, 2.24) is 4.98 Å². The number of nitrogens with zero attached hydrogens (tertiary/aromatic N) is 3. The van der Waals surface area contributed by atoms with Crippen LogP contribution in [-0.2, 0) is 20.1 Å². The van der Waals surface area contributed by atoms with Gasteiger partial charge in [0.05, 0.1) is 31.1 Å². The number of esters is 1. The molecule has 3 rings (SSSR count). The van der Waals surface area contributed by atoms with Crippen LogP contribution in [0.3, 0.4) is 0 Å². The van der Waals surface area contributed by atoms with Crippen LogP contribution in [0.2, 0.25) is 0 Å². The van der Waals surface area contributed by atoms with Crippen molar-refractivity contribution in [3.8, 4) is 5.88 Å². The summed E-state index contributed by atoms with van der Waals surface area (Å²) in [6, 6.07) is 11.3. The fourth-order valence-corrected chi connectivity index (χ4v) is 3.87. The average Bonchev–Trinajstić information content (AvgIpc) is 3.60. The number of carbonyl (C=O) groups excluding carboxylic acids is 1. The fraction of sp³-hybridized carbons (Fsp3) is 0.333. The van der Waals surface area contributed by atoms with E-state index >= 15 is 0 Å². The first-order chi connectivity index (χ1) is 14.2. The smallest absolute Gasteiger partial charge is 0.360 e. The van der Waals surface area contributed by atoms with Crippen LogP contribution in [0.5, 0.6) is 5.88 Å². The number of hydrogen-bond acceptors (Lipinski definition) is 8. The second-order valence-corrected chi connectivity index (χ2v) is 7.34. The summed E-state index contributed by atoms with van der Waals surface area (Å²) in [5.74, 6) is 1.15.